The number of nitrogens with zero attached hydrogens (tertiary/aromatic N) is 4. The Morgan fingerprint density at radius 2 is 1.66 bits per heavy atom. The van der Waals surface area contributed by atoms with Crippen LogP contribution in [0.1, 0.15) is 6.23 Å². The van der Waals surface area contributed by atoms with Gasteiger partial charge in [-0.3, -0.25) is 23.4 Å². The van der Waals surface area contributed by atoms with Crippen molar-refractivity contribution in [3.05, 3.63) is 43.5 Å². The van der Waals surface area contributed by atoms with Crippen LogP contribution >= 0.6 is 15.6 Å². The molecule has 23 heteroatoms. The molecule has 0 saturated carbocycles. The van der Waals surface area contributed by atoms with Crippen LogP contribution in [0, 0.1) is 0 Å². The minimum atomic E-state index is -5.63. The number of azide groups is 1. The van der Waals surface area contributed by atoms with Gasteiger partial charge in [0.05, 0.1) is 19.3 Å². The van der Waals surface area contributed by atoms with Crippen LogP contribution in [0.15, 0.2) is 27.0 Å². The third-order valence-corrected chi connectivity index (χ3v) is 7.90. The Bertz CT molecular complexity index is 1250. The number of aromatic nitrogens is 2. The summed E-state index contributed by atoms with van der Waals surface area (Å²) in [6.07, 6.45) is -15.5. The highest BCUT2D eigenvalue weighted by atomic mass is 31.3. The molecule has 1 aromatic rings. The van der Waals surface area contributed by atoms with Crippen molar-refractivity contribution in [2.75, 3.05) is 13.2 Å². The zero-order chi connectivity index (χ0) is 28.4. The third kappa shape index (κ3) is 7.13. The maximum absolute atomic E-state index is 12.3. The number of H-pyrrole nitrogens is 1. The minimum Gasteiger partial charge on any atom is -0.388 e. The molecule has 0 aliphatic carbocycles. The van der Waals surface area contributed by atoms with Crippen molar-refractivity contribution in [3.8, 4) is 0 Å². The Labute approximate surface area is 210 Å². The predicted octanol–water partition coefficient (Wildman–Crippen LogP) is -3.48. The lowest BCUT2D eigenvalue weighted by molar-refractivity contribution is -0.272. The maximum Gasteiger partial charge on any atom is 0.483 e. The lowest BCUT2D eigenvalue weighted by atomic mass is 9.99. The summed E-state index contributed by atoms with van der Waals surface area (Å²) < 4.78 is 48.5. The van der Waals surface area contributed by atoms with E-state index in [0.29, 0.717) is 0 Å². The normalized spacial score (nSPS) is 36.7. The fourth-order valence-electron chi connectivity index (χ4n) is 3.47. The van der Waals surface area contributed by atoms with Crippen LogP contribution in [-0.2, 0) is 32.0 Å². The number of rotatable bonds is 10. The number of aromatic amines is 1. The van der Waals surface area contributed by atoms with Gasteiger partial charge in [0.1, 0.15) is 36.6 Å². The van der Waals surface area contributed by atoms with Gasteiger partial charge in [-0.2, -0.15) is 4.31 Å². The average Bonchev–Trinajstić information content (AvgIpc) is 3.10. The second-order valence-corrected chi connectivity index (χ2v) is 10.9. The second-order valence-electron chi connectivity index (χ2n) is 7.91. The van der Waals surface area contributed by atoms with Crippen LogP contribution in [0.4, 0.5) is 0 Å². The number of aliphatic hydroxyl groups is 5. The molecule has 0 radical (unpaired) electrons. The molecule has 38 heavy (non-hydrogen) atoms. The predicted molar refractivity (Wildman–Crippen MR) is 116 cm³/mol. The summed E-state index contributed by atoms with van der Waals surface area (Å²) in [4.78, 5) is 47.1. The standard InChI is InChI=1S/C15H23N5O16P2/c16-19-17-3-5-8(22)10(24)12(26)14(34-5)35-38(30,31)36-37(28,29)32-4-6-9(23)11(25)13(33-6)20-2-1-7(21)18-15(20)27/h1-2,5-6,8-14,22-26H,3-4H2,(H,28,29)(H,30,31)(H,18,21,27)/t5-,6-,8+,9-,10+,11-,12-,13-,14-/m1/s1. The van der Waals surface area contributed by atoms with Gasteiger partial charge >= 0.3 is 21.3 Å². The van der Waals surface area contributed by atoms with Crippen molar-refractivity contribution in [1.82, 2.24) is 9.55 Å². The molecule has 0 aromatic carbocycles. The van der Waals surface area contributed by atoms with E-state index in [4.69, 9.17) is 15.0 Å². The SMILES string of the molecule is [N-]=[N+]=NC[C@H]1O[C@H](OP(=O)(O)OP(=O)(O)OC[C@H]2O[C@@H](n3ccc(=O)[nH]c3=O)[C@H](O)[C@@H]2O)[C@H](O)[C@@H](O)[C@H]1O. The largest absolute Gasteiger partial charge is 0.483 e. The van der Waals surface area contributed by atoms with E-state index >= 15 is 0 Å². The smallest absolute Gasteiger partial charge is 0.388 e. The van der Waals surface area contributed by atoms with Gasteiger partial charge in [-0.05, 0) is 5.53 Å². The molecule has 2 aliphatic heterocycles. The number of phosphoric acid groups is 2. The summed E-state index contributed by atoms with van der Waals surface area (Å²) in [6, 6.07) is 0.924. The number of nitrogens with one attached hydrogen (secondary N) is 1. The van der Waals surface area contributed by atoms with Gasteiger partial charge in [0.15, 0.2) is 12.5 Å². The average molecular weight is 591 g/mol. The van der Waals surface area contributed by atoms with Crippen LogP contribution in [0.3, 0.4) is 0 Å². The second kappa shape index (κ2) is 12.0. The van der Waals surface area contributed by atoms with Crippen molar-refractivity contribution in [1.29, 1.82) is 0 Å². The third-order valence-electron chi connectivity index (χ3n) is 5.30. The van der Waals surface area contributed by atoms with Gasteiger partial charge < -0.3 is 44.8 Å². The molecule has 1 aromatic heterocycles. The Morgan fingerprint density at radius 1 is 1.00 bits per heavy atom. The van der Waals surface area contributed by atoms with Gasteiger partial charge in [0.25, 0.3) is 5.56 Å². The molecule has 0 bridgehead atoms. The minimum absolute atomic E-state index is 0.596. The van der Waals surface area contributed by atoms with Crippen molar-refractivity contribution in [2.24, 2.45) is 5.11 Å². The van der Waals surface area contributed by atoms with E-state index in [0.717, 1.165) is 16.8 Å². The zero-order valence-electron chi connectivity index (χ0n) is 18.8. The first kappa shape index (κ1) is 30.5. The van der Waals surface area contributed by atoms with Crippen LogP contribution in [-0.4, -0.2) is 107 Å². The van der Waals surface area contributed by atoms with Crippen molar-refractivity contribution in [3.63, 3.8) is 0 Å². The van der Waals surface area contributed by atoms with Crippen molar-refractivity contribution >= 4 is 15.6 Å². The van der Waals surface area contributed by atoms with Crippen molar-refractivity contribution in [2.45, 2.75) is 55.2 Å². The summed E-state index contributed by atoms with van der Waals surface area (Å²) in [5, 5.41) is 53.1. The van der Waals surface area contributed by atoms with E-state index in [-0.39, 0.29) is 0 Å². The van der Waals surface area contributed by atoms with Gasteiger partial charge in [-0.15, -0.1) is 0 Å². The van der Waals surface area contributed by atoms with Crippen molar-refractivity contribution < 1.29 is 67.3 Å². The molecule has 0 amide bonds. The summed E-state index contributed by atoms with van der Waals surface area (Å²) in [6.45, 7) is -1.64. The van der Waals surface area contributed by atoms with Crippen LogP contribution in [0.5, 0.6) is 0 Å². The monoisotopic (exact) mass is 591 g/mol. The maximum atomic E-state index is 12.3. The van der Waals surface area contributed by atoms with Gasteiger partial charge in [-0.1, -0.05) is 5.11 Å². The zero-order valence-corrected chi connectivity index (χ0v) is 20.5. The molecule has 0 spiro atoms. The quantitative estimate of drug-likeness (QED) is 0.0567. The highest BCUT2D eigenvalue weighted by Gasteiger charge is 2.49. The summed E-state index contributed by atoms with van der Waals surface area (Å²) in [5.74, 6) is 0. The number of ether oxygens (including phenoxy) is 2. The summed E-state index contributed by atoms with van der Waals surface area (Å²) >= 11 is 0. The lowest BCUT2D eigenvalue weighted by Gasteiger charge is -2.39. The lowest BCUT2D eigenvalue weighted by Crippen LogP contribution is -2.58. The number of aliphatic hydroxyl groups excluding tert-OH is 5. The fourth-order valence-corrected chi connectivity index (χ4v) is 5.63. The summed E-state index contributed by atoms with van der Waals surface area (Å²) in [7, 11) is -11.1. The van der Waals surface area contributed by atoms with E-state index in [1.165, 1.54) is 0 Å². The van der Waals surface area contributed by atoms with Crippen LogP contribution < -0.4 is 11.2 Å². The molecule has 2 saturated heterocycles. The number of hydrogen-bond acceptors (Lipinski definition) is 15. The van der Waals surface area contributed by atoms with E-state index in [9.17, 15) is 54.0 Å². The molecule has 2 unspecified atom stereocenters. The molecule has 2 fully saturated rings. The fraction of sp³-hybridized carbons (Fsp3) is 0.733. The highest BCUT2D eigenvalue weighted by Crippen LogP contribution is 2.61. The molecule has 2 aliphatic rings. The molecular weight excluding hydrogens is 568 g/mol. The van der Waals surface area contributed by atoms with E-state index in [2.05, 4.69) is 23.4 Å². The Kier molecular flexibility index (Phi) is 9.64. The van der Waals surface area contributed by atoms with Crippen LogP contribution in [0.2, 0.25) is 0 Å². The number of hydrogen-bond donors (Lipinski definition) is 8. The van der Waals surface area contributed by atoms with E-state index < -0.39 is 95.3 Å². The van der Waals surface area contributed by atoms with Gasteiger partial charge in [-0.25, -0.2) is 13.9 Å². The molecule has 8 N–H and O–H groups in total. The van der Waals surface area contributed by atoms with E-state index in [1.807, 2.05) is 4.98 Å². The first-order valence-electron chi connectivity index (χ1n) is 10.4. The highest BCUT2D eigenvalue weighted by molar-refractivity contribution is 7.61. The Balaban J connectivity index is 1.62. The molecule has 21 nitrogen and oxygen atoms in total. The molecule has 214 valence electrons. The van der Waals surface area contributed by atoms with Gasteiger partial charge in [0.2, 0.25) is 0 Å². The first-order chi connectivity index (χ1) is 17.7. The molecule has 3 heterocycles. The molecule has 3 rings (SSSR count). The van der Waals surface area contributed by atoms with Crippen LogP contribution in [0.25, 0.3) is 10.4 Å². The molecule has 11 atom stereocenters. The Morgan fingerprint density at radius 3 is 2.29 bits per heavy atom. The van der Waals surface area contributed by atoms with E-state index in [1.54, 1.807) is 0 Å². The molecular formula is C15H23N5O16P2. The van der Waals surface area contributed by atoms with Gasteiger partial charge in [0, 0.05) is 17.2 Å². The topological polar surface area (TPSA) is 326 Å². The first-order valence-corrected chi connectivity index (χ1v) is 13.4. The number of phosphoric ester groups is 2. The Hall–Kier alpha value is -2.03. The summed E-state index contributed by atoms with van der Waals surface area (Å²) in [5.41, 5.74) is 6.61.